The predicted molar refractivity (Wildman–Crippen MR) is 81.3 cm³/mol. The first kappa shape index (κ1) is 15.8. The first-order valence-corrected chi connectivity index (χ1v) is 7.41. The van der Waals surface area contributed by atoms with Gasteiger partial charge in [-0.05, 0) is 50.2 Å². The summed E-state index contributed by atoms with van der Waals surface area (Å²) in [5, 5.41) is 13.2. The summed E-state index contributed by atoms with van der Waals surface area (Å²) in [6.45, 7) is 6.33. The van der Waals surface area contributed by atoms with Crippen LogP contribution in [0.25, 0.3) is 0 Å². The van der Waals surface area contributed by atoms with Gasteiger partial charge in [0.15, 0.2) is 0 Å². The van der Waals surface area contributed by atoms with Crippen LogP contribution in [0.1, 0.15) is 55.6 Å². The minimum atomic E-state index is -0.858. The summed E-state index contributed by atoms with van der Waals surface area (Å²) in [6, 6.07) is 3.20. The molecule has 5 heteroatoms. The van der Waals surface area contributed by atoms with Gasteiger partial charge in [-0.1, -0.05) is 13.8 Å². The molecule has 1 heterocycles. The van der Waals surface area contributed by atoms with Crippen LogP contribution in [0.2, 0.25) is 0 Å². The monoisotopic (exact) mass is 292 g/mol. The van der Waals surface area contributed by atoms with Gasteiger partial charge in [0.1, 0.15) is 5.56 Å². The van der Waals surface area contributed by atoms with E-state index in [1.807, 2.05) is 0 Å². The van der Waals surface area contributed by atoms with E-state index in [-0.39, 0.29) is 17.5 Å². The average molecular weight is 292 g/mol. The Morgan fingerprint density at radius 1 is 1.29 bits per heavy atom. The molecule has 21 heavy (non-hydrogen) atoms. The number of pyridine rings is 1. The number of hydrogen-bond acceptors (Lipinski definition) is 3. The lowest BCUT2D eigenvalue weighted by atomic mass is 9.71. The van der Waals surface area contributed by atoms with Gasteiger partial charge < -0.3 is 15.4 Å². The topological polar surface area (TPSA) is 82.2 Å². The molecule has 1 aliphatic rings. The first-order chi connectivity index (χ1) is 9.71. The second kappa shape index (κ2) is 5.64. The van der Waals surface area contributed by atoms with Crippen molar-refractivity contribution >= 4 is 5.91 Å². The number of hydrogen-bond donors (Lipinski definition) is 3. The zero-order chi connectivity index (χ0) is 15.7. The second-order valence-electron chi connectivity index (χ2n) is 6.96. The minimum absolute atomic E-state index is 0.0836. The predicted octanol–water partition coefficient (Wildman–Crippen LogP) is 1.74. The molecule has 0 unspecified atom stereocenters. The molecule has 0 radical (unpaired) electrons. The molecule has 0 aliphatic heterocycles. The first-order valence-electron chi connectivity index (χ1n) is 7.41. The Bertz CT molecular complexity index is 579. The fraction of sp³-hybridized carbons (Fsp3) is 0.625. The molecule has 0 atom stereocenters. The SMILES string of the molecule is Cc1ccc(C(=O)NCC2(O)CCC(C)(C)CC2)c(=O)[nH]1. The molecule has 1 fully saturated rings. The Balaban J connectivity index is 1.97. The molecule has 0 saturated heterocycles. The zero-order valence-electron chi connectivity index (χ0n) is 13.0. The quantitative estimate of drug-likeness (QED) is 0.793. The molecule has 1 aromatic rings. The van der Waals surface area contributed by atoms with Gasteiger partial charge in [0.25, 0.3) is 11.5 Å². The fourth-order valence-electron chi connectivity index (χ4n) is 2.66. The van der Waals surface area contributed by atoms with E-state index in [4.69, 9.17) is 0 Å². The van der Waals surface area contributed by atoms with E-state index < -0.39 is 17.1 Å². The Labute approximate surface area is 124 Å². The van der Waals surface area contributed by atoms with E-state index in [9.17, 15) is 14.7 Å². The minimum Gasteiger partial charge on any atom is -0.388 e. The maximum atomic E-state index is 12.0. The van der Waals surface area contributed by atoms with Gasteiger partial charge in [-0.25, -0.2) is 0 Å². The highest BCUT2D eigenvalue weighted by Gasteiger charge is 2.36. The molecule has 1 aromatic heterocycles. The van der Waals surface area contributed by atoms with Crippen molar-refractivity contribution in [1.29, 1.82) is 0 Å². The van der Waals surface area contributed by atoms with Crippen LogP contribution < -0.4 is 10.9 Å². The Hall–Kier alpha value is -1.62. The van der Waals surface area contributed by atoms with Crippen molar-refractivity contribution in [2.75, 3.05) is 6.54 Å². The third-order valence-corrected chi connectivity index (χ3v) is 4.41. The van der Waals surface area contributed by atoms with E-state index in [0.717, 1.165) is 12.8 Å². The van der Waals surface area contributed by atoms with E-state index in [0.29, 0.717) is 18.5 Å². The molecule has 1 aliphatic carbocycles. The number of nitrogens with one attached hydrogen (secondary N) is 2. The number of aryl methyl sites for hydroxylation is 1. The largest absolute Gasteiger partial charge is 0.388 e. The molecule has 1 saturated carbocycles. The maximum absolute atomic E-state index is 12.0. The van der Waals surface area contributed by atoms with Crippen LogP contribution in [0.3, 0.4) is 0 Å². The summed E-state index contributed by atoms with van der Waals surface area (Å²) < 4.78 is 0. The van der Waals surface area contributed by atoms with Crippen LogP contribution in [0.4, 0.5) is 0 Å². The van der Waals surface area contributed by atoms with Crippen LogP contribution in [-0.2, 0) is 0 Å². The number of aliphatic hydroxyl groups is 1. The Morgan fingerprint density at radius 2 is 1.90 bits per heavy atom. The van der Waals surface area contributed by atoms with Gasteiger partial charge in [-0.3, -0.25) is 9.59 Å². The third kappa shape index (κ3) is 3.94. The lowest BCUT2D eigenvalue weighted by molar-refractivity contribution is -0.0233. The van der Waals surface area contributed by atoms with Crippen LogP contribution in [0.15, 0.2) is 16.9 Å². The van der Waals surface area contributed by atoms with Gasteiger partial charge in [0.05, 0.1) is 5.60 Å². The summed E-state index contributed by atoms with van der Waals surface area (Å²) in [6.07, 6.45) is 3.21. The second-order valence-corrected chi connectivity index (χ2v) is 6.96. The van der Waals surface area contributed by atoms with Crippen LogP contribution in [-0.4, -0.2) is 28.1 Å². The molecule has 5 nitrogen and oxygen atoms in total. The molecular formula is C16H24N2O3. The molecule has 0 spiro atoms. The standard InChI is InChI=1S/C16H24N2O3/c1-11-4-5-12(14(20)18-11)13(19)17-10-16(21)8-6-15(2,3)7-9-16/h4-5,21H,6-10H2,1-3H3,(H,17,19)(H,18,20). The maximum Gasteiger partial charge on any atom is 0.260 e. The molecule has 0 aromatic carbocycles. The smallest absolute Gasteiger partial charge is 0.260 e. The van der Waals surface area contributed by atoms with Crippen LogP contribution in [0.5, 0.6) is 0 Å². The van der Waals surface area contributed by atoms with Crippen molar-refractivity contribution in [1.82, 2.24) is 10.3 Å². The summed E-state index contributed by atoms with van der Waals surface area (Å²) in [7, 11) is 0. The van der Waals surface area contributed by atoms with Gasteiger partial charge in [0, 0.05) is 12.2 Å². The van der Waals surface area contributed by atoms with Crippen molar-refractivity contribution < 1.29 is 9.90 Å². The summed E-state index contributed by atoms with van der Waals surface area (Å²) in [5.41, 5.74) is -0.207. The third-order valence-electron chi connectivity index (χ3n) is 4.41. The normalized spacial score (nSPS) is 20.0. The Morgan fingerprint density at radius 3 is 2.48 bits per heavy atom. The highest BCUT2D eigenvalue weighted by Crippen LogP contribution is 2.39. The van der Waals surface area contributed by atoms with Gasteiger partial charge in [0.2, 0.25) is 0 Å². The number of rotatable bonds is 3. The van der Waals surface area contributed by atoms with Gasteiger partial charge in [-0.2, -0.15) is 0 Å². The number of aromatic amines is 1. The van der Waals surface area contributed by atoms with E-state index in [1.165, 1.54) is 6.07 Å². The average Bonchev–Trinajstić information content (AvgIpc) is 2.40. The van der Waals surface area contributed by atoms with E-state index in [1.54, 1.807) is 13.0 Å². The number of carbonyl (C=O) groups excluding carboxylic acids is 1. The van der Waals surface area contributed by atoms with E-state index in [2.05, 4.69) is 24.1 Å². The Kier molecular flexibility index (Phi) is 4.23. The van der Waals surface area contributed by atoms with Crippen LogP contribution in [0, 0.1) is 12.3 Å². The highest BCUT2D eigenvalue weighted by molar-refractivity contribution is 5.93. The summed E-state index contributed by atoms with van der Waals surface area (Å²) in [5.74, 6) is -0.436. The van der Waals surface area contributed by atoms with E-state index >= 15 is 0 Å². The van der Waals surface area contributed by atoms with Crippen molar-refractivity contribution in [3.63, 3.8) is 0 Å². The molecule has 0 bridgehead atoms. The molecular weight excluding hydrogens is 268 g/mol. The zero-order valence-corrected chi connectivity index (χ0v) is 13.0. The van der Waals surface area contributed by atoms with Crippen molar-refractivity contribution in [3.8, 4) is 0 Å². The molecule has 3 N–H and O–H groups in total. The van der Waals surface area contributed by atoms with Gasteiger partial charge >= 0.3 is 0 Å². The fourth-order valence-corrected chi connectivity index (χ4v) is 2.66. The lowest BCUT2D eigenvalue weighted by Gasteiger charge is -2.40. The number of carbonyl (C=O) groups is 1. The highest BCUT2D eigenvalue weighted by atomic mass is 16.3. The van der Waals surface area contributed by atoms with Crippen molar-refractivity contribution in [3.05, 3.63) is 33.7 Å². The van der Waals surface area contributed by atoms with Gasteiger partial charge in [-0.15, -0.1) is 0 Å². The molecule has 2 rings (SSSR count). The van der Waals surface area contributed by atoms with Crippen LogP contribution >= 0.6 is 0 Å². The summed E-state index contributed by atoms with van der Waals surface area (Å²) in [4.78, 5) is 26.4. The molecule has 1 amide bonds. The lowest BCUT2D eigenvalue weighted by Crippen LogP contribution is -2.47. The number of amides is 1. The number of aromatic nitrogens is 1. The number of H-pyrrole nitrogens is 1. The van der Waals surface area contributed by atoms with Crippen molar-refractivity contribution in [2.45, 2.75) is 52.1 Å². The summed E-state index contributed by atoms with van der Waals surface area (Å²) >= 11 is 0. The molecule has 116 valence electrons. The van der Waals surface area contributed by atoms with Crippen molar-refractivity contribution in [2.24, 2.45) is 5.41 Å².